The predicted molar refractivity (Wildman–Crippen MR) is 141 cm³/mol. The molecule has 0 bridgehead atoms. The third kappa shape index (κ3) is 3.74. The number of allylic oxidation sites excluding steroid dienone is 2. The van der Waals surface area contributed by atoms with Crippen molar-refractivity contribution in [1.29, 1.82) is 0 Å². The monoisotopic (exact) mass is 515 g/mol. The predicted octanol–water partition coefficient (Wildman–Crippen LogP) is 4.91. The summed E-state index contributed by atoms with van der Waals surface area (Å²) in [6.45, 7) is 0. The maximum absolute atomic E-state index is 13.9. The molecule has 3 N–H and O–H groups in total. The van der Waals surface area contributed by atoms with Gasteiger partial charge in [-0.05, 0) is 47.7 Å². The number of carbonyl (C=O) groups is 1. The number of hydrogen-bond donors (Lipinski definition) is 3. The van der Waals surface area contributed by atoms with E-state index in [1.807, 2.05) is 41.8 Å². The Morgan fingerprint density at radius 1 is 1.00 bits per heavy atom. The van der Waals surface area contributed by atoms with Gasteiger partial charge in [0.25, 0.3) is 5.56 Å². The second-order valence-corrected chi connectivity index (χ2v) is 10.1. The average molecular weight is 516 g/mol. The van der Waals surface area contributed by atoms with Gasteiger partial charge in [-0.2, -0.15) is 0 Å². The number of nitrogens with zero attached hydrogens (tertiary/aromatic N) is 1. The SMILES string of the molecule is COc1cc(C2C3=C(CC(c4cccs4)CC3=O)Nc3[nH]n(-c4ccccc4)c(=O)c32)cc(OC)c1O. The first-order valence-electron chi connectivity index (χ1n) is 11.9. The van der Waals surface area contributed by atoms with Crippen molar-refractivity contribution in [2.45, 2.75) is 24.7 Å². The lowest BCUT2D eigenvalue weighted by atomic mass is 9.74. The molecule has 2 aliphatic rings. The lowest BCUT2D eigenvalue weighted by molar-refractivity contribution is -0.116. The molecule has 2 aromatic heterocycles. The van der Waals surface area contributed by atoms with E-state index in [4.69, 9.17) is 9.47 Å². The second-order valence-electron chi connectivity index (χ2n) is 9.14. The van der Waals surface area contributed by atoms with Crippen LogP contribution >= 0.6 is 11.3 Å². The van der Waals surface area contributed by atoms with Crippen LogP contribution in [0.1, 0.15) is 40.7 Å². The van der Waals surface area contributed by atoms with Crippen LogP contribution < -0.4 is 20.3 Å². The molecule has 37 heavy (non-hydrogen) atoms. The van der Waals surface area contributed by atoms with Crippen LogP contribution in [0, 0.1) is 0 Å². The number of carbonyl (C=O) groups excluding carboxylic acids is 1. The number of hydrogen-bond acceptors (Lipinski definition) is 7. The molecular formula is C28H25N3O5S. The quantitative estimate of drug-likeness (QED) is 0.349. The Hall–Kier alpha value is -4.24. The number of rotatable bonds is 5. The van der Waals surface area contributed by atoms with Gasteiger partial charge < -0.3 is 19.9 Å². The number of para-hydroxylation sites is 1. The van der Waals surface area contributed by atoms with Crippen molar-refractivity contribution in [1.82, 2.24) is 9.78 Å². The van der Waals surface area contributed by atoms with Crippen LogP contribution in [0.3, 0.4) is 0 Å². The van der Waals surface area contributed by atoms with E-state index in [9.17, 15) is 14.7 Å². The highest BCUT2D eigenvalue weighted by Gasteiger charge is 2.42. The van der Waals surface area contributed by atoms with Crippen molar-refractivity contribution >= 4 is 22.9 Å². The van der Waals surface area contributed by atoms with Gasteiger partial charge in [0, 0.05) is 34.4 Å². The maximum atomic E-state index is 13.9. The molecule has 6 rings (SSSR count). The minimum absolute atomic E-state index is 0.0133. The standard InChI is InChI=1S/C28H25N3O5S/c1-35-20-13-16(14-21(36-2)26(20)33)23-24-18(11-15(12-19(24)32)22-9-6-10-37-22)29-27-25(23)28(34)31(30-27)17-7-4-3-5-8-17/h3-10,13-15,23,29-30,33H,11-12H2,1-2H3. The van der Waals surface area contributed by atoms with Crippen LogP contribution in [0.4, 0.5) is 5.82 Å². The van der Waals surface area contributed by atoms with Crippen LogP contribution in [0.2, 0.25) is 0 Å². The number of fused-ring (bicyclic) bond motifs is 1. The number of phenolic OH excluding ortho intramolecular Hbond substituents is 1. The number of aromatic hydroxyl groups is 1. The van der Waals surface area contributed by atoms with Crippen LogP contribution in [0.5, 0.6) is 17.2 Å². The molecule has 0 fully saturated rings. The molecule has 2 aromatic carbocycles. The minimum atomic E-state index is -0.667. The van der Waals surface area contributed by atoms with Gasteiger partial charge in [0.2, 0.25) is 5.75 Å². The van der Waals surface area contributed by atoms with Crippen molar-refractivity contribution < 1.29 is 19.4 Å². The largest absolute Gasteiger partial charge is 0.502 e. The molecule has 1 aliphatic heterocycles. The van der Waals surface area contributed by atoms with Gasteiger partial charge in [-0.1, -0.05) is 24.3 Å². The summed E-state index contributed by atoms with van der Waals surface area (Å²) < 4.78 is 12.3. The number of phenols is 1. The van der Waals surface area contributed by atoms with E-state index in [0.29, 0.717) is 41.0 Å². The normalized spacial score (nSPS) is 18.7. The second kappa shape index (κ2) is 9.01. The zero-order chi connectivity index (χ0) is 25.7. The molecule has 8 nitrogen and oxygen atoms in total. The number of thiophene rings is 1. The van der Waals surface area contributed by atoms with Gasteiger partial charge in [-0.15, -0.1) is 11.3 Å². The molecule has 0 spiro atoms. The van der Waals surface area contributed by atoms with E-state index in [0.717, 1.165) is 10.6 Å². The molecule has 1 aliphatic carbocycles. The number of ketones is 1. The number of aromatic amines is 1. The zero-order valence-electron chi connectivity index (χ0n) is 20.3. The lowest BCUT2D eigenvalue weighted by Gasteiger charge is -2.34. The first-order valence-corrected chi connectivity index (χ1v) is 12.8. The van der Waals surface area contributed by atoms with Gasteiger partial charge in [0.15, 0.2) is 17.3 Å². The van der Waals surface area contributed by atoms with Crippen molar-refractivity contribution in [2.75, 3.05) is 19.5 Å². The number of aromatic nitrogens is 2. The summed E-state index contributed by atoms with van der Waals surface area (Å²) in [4.78, 5) is 28.8. The molecular weight excluding hydrogens is 490 g/mol. The number of H-pyrrole nitrogens is 1. The molecule has 0 saturated heterocycles. The van der Waals surface area contributed by atoms with E-state index in [-0.39, 0.29) is 34.5 Å². The highest BCUT2D eigenvalue weighted by atomic mass is 32.1. The van der Waals surface area contributed by atoms with E-state index in [2.05, 4.69) is 16.5 Å². The van der Waals surface area contributed by atoms with Crippen molar-refractivity contribution in [3.63, 3.8) is 0 Å². The summed E-state index contributed by atoms with van der Waals surface area (Å²) in [5, 5.41) is 19.2. The number of ether oxygens (including phenoxy) is 2. The van der Waals surface area contributed by atoms with E-state index < -0.39 is 5.92 Å². The Kier molecular flexibility index (Phi) is 5.64. The van der Waals surface area contributed by atoms with E-state index >= 15 is 0 Å². The molecule has 2 unspecified atom stereocenters. The number of anilines is 1. The maximum Gasteiger partial charge on any atom is 0.277 e. The van der Waals surface area contributed by atoms with Gasteiger partial charge in [0.1, 0.15) is 5.82 Å². The van der Waals surface area contributed by atoms with Gasteiger partial charge in [0.05, 0.1) is 25.5 Å². The summed E-state index contributed by atoms with van der Waals surface area (Å²) in [5.74, 6) is 0.197. The fraction of sp³-hybridized carbons (Fsp3) is 0.214. The van der Waals surface area contributed by atoms with Crippen LogP contribution in [0.25, 0.3) is 5.69 Å². The highest BCUT2D eigenvalue weighted by molar-refractivity contribution is 7.10. The first-order chi connectivity index (χ1) is 18.0. The summed E-state index contributed by atoms with van der Waals surface area (Å²) >= 11 is 1.64. The zero-order valence-corrected chi connectivity index (χ0v) is 21.1. The Bertz CT molecular complexity index is 1560. The van der Waals surface area contributed by atoms with E-state index in [1.165, 1.54) is 18.9 Å². The summed E-state index contributed by atoms with van der Waals surface area (Å²) in [6.07, 6.45) is 0.999. The third-order valence-corrected chi connectivity index (χ3v) is 8.12. The number of Topliss-reactive ketones (excluding diaryl/α,β-unsaturated/α-hetero) is 1. The van der Waals surface area contributed by atoms with Crippen LogP contribution in [-0.2, 0) is 4.79 Å². The lowest BCUT2D eigenvalue weighted by Crippen LogP contribution is -2.31. The Morgan fingerprint density at radius 3 is 2.38 bits per heavy atom. The van der Waals surface area contributed by atoms with Gasteiger partial charge in [-0.25, -0.2) is 4.68 Å². The molecule has 0 amide bonds. The van der Waals surface area contributed by atoms with Gasteiger partial charge >= 0.3 is 0 Å². The van der Waals surface area contributed by atoms with Crippen molar-refractivity contribution in [3.8, 4) is 22.9 Å². The van der Waals surface area contributed by atoms with Crippen molar-refractivity contribution in [2.24, 2.45) is 0 Å². The van der Waals surface area contributed by atoms with Crippen LogP contribution in [-0.4, -0.2) is 34.9 Å². The number of benzene rings is 2. The third-order valence-electron chi connectivity index (χ3n) is 7.08. The molecule has 188 valence electrons. The number of nitrogens with one attached hydrogen (secondary N) is 2. The highest BCUT2D eigenvalue weighted by Crippen LogP contribution is 2.49. The molecule has 2 atom stereocenters. The molecule has 0 saturated carbocycles. The molecule has 9 heteroatoms. The average Bonchev–Trinajstić information content (AvgIpc) is 3.57. The van der Waals surface area contributed by atoms with E-state index in [1.54, 1.807) is 23.5 Å². The summed E-state index contributed by atoms with van der Waals surface area (Å²) in [6, 6.07) is 16.7. The first kappa shape index (κ1) is 23.2. The molecule has 3 heterocycles. The van der Waals surface area contributed by atoms with Gasteiger partial charge in [-0.3, -0.25) is 14.7 Å². The fourth-order valence-electron chi connectivity index (χ4n) is 5.39. The molecule has 0 radical (unpaired) electrons. The van der Waals surface area contributed by atoms with Crippen LogP contribution in [0.15, 0.2) is 76.0 Å². The molecule has 4 aromatic rings. The number of methoxy groups -OCH3 is 2. The topological polar surface area (TPSA) is 106 Å². The Morgan fingerprint density at radius 2 is 1.73 bits per heavy atom. The minimum Gasteiger partial charge on any atom is -0.502 e. The Balaban J connectivity index is 1.57. The summed E-state index contributed by atoms with van der Waals surface area (Å²) in [7, 11) is 2.90. The smallest absolute Gasteiger partial charge is 0.277 e. The summed E-state index contributed by atoms with van der Waals surface area (Å²) in [5.41, 5.74) is 2.83. The fourth-order valence-corrected chi connectivity index (χ4v) is 6.22. The Labute approximate surface area is 216 Å². The van der Waals surface area contributed by atoms with Crippen molar-refractivity contribution in [3.05, 3.63) is 97.6 Å².